The molecule has 0 fully saturated rings. The molecule has 0 bridgehead atoms. The van der Waals surface area contributed by atoms with Crippen LogP contribution in [0.3, 0.4) is 0 Å². The molecule has 9 heteroatoms. The third kappa shape index (κ3) is 7.89. The van der Waals surface area contributed by atoms with Crippen molar-refractivity contribution in [1.82, 2.24) is 10.3 Å². The van der Waals surface area contributed by atoms with Crippen molar-refractivity contribution in [1.29, 1.82) is 0 Å². The van der Waals surface area contributed by atoms with Crippen molar-refractivity contribution in [3.05, 3.63) is 53.9 Å². The quantitative estimate of drug-likeness (QED) is 0.580. The van der Waals surface area contributed by atoms with E-state index in [1.165, 1.54) is 6.07 Å². The molecule has 0 atom stereocenters. The molecule has 0 spiro atoms. The lowest BCUT2D eigenvalue weighted by molar-refractivity contribution is -0.137. The Morgan fingerprint density at radius 2 is 1.69 bits per heavy atom. The van der Waals surface area contributed by atoms with E-state index in [-0.39, 0.29) is 6.54 Å². The van der Waals surface area contributed by atoms with E-state index in [2.05, 4.69) is 20.9 Å². The number of carbonyl (C=O) groups excluding carboxylic acids is 1. The summed E-state index contributed by atoms with van der Waals surface area (Å²) in [6.07, 6.45) is -1.76. The molecule has 0 unspecified atom stereocenters. The largest absolute Gasteiger partial charge is 0.444 e. The lowest BCUT2D eigenvalue weighted by Gasteiger charge is -2.20. The predicted molar refractivity (Wildman–Crippen MR) is 106 cm³/mol. The maximum absolute atomic E-state index is 13.1. The fourth-order valence-corrected chi connectivity index (χ4v) is 2.39. The minimum atomic E-state index is -4.44. The fourth-order valence-electron chi connectivity index (χ4n) is 2.39. The van der Waals surface area contributed by atoms with Gasteiger partial charge in [0.25, 0.3) is 0 Å². The first kappa shape index (κ1) is 22.3. The number of hydrogen-bond donors (Lipinski definition) is 3. The molecule has 0 radical (unpaired) electrons. The molecule has 1 aromatic carbocycles. The fraction of sp³-hybridized carbons (Fsp3) is 0.400. The van der Waals surface area contributed by atoms with Gasteiger partial charge in [0, 0.05) is 32.0 Å². The van der Waals surface area contributed by atoms with E-state index in [4.69, 9.17) is 4.74 Å². The molecule has 1 heterocycles. The van der Waals surface area contributed by atoms with Gasteiger partial charge < -0.3 is 20.7 Å². The Balaban J connectivity index is 2.00. The first-order valence-electron chi connectivity index (χ1n) is 9.09. The van der Waals surface area contributed by atoms with Gasteiger partial charge in [-0.2, -0.15) is 13.2 Å². The van der Waals surface area contributed by atoms with E-state index >= 15 is 0 Å². The first-order valence-corrected chi connectivity index (χ1v) is 9.09. The Hall–Kier alpha value is -2.97. The number of amides is 1. The molecule has 1 amide bonds. The van der Waals surface area contributed by atoms with Gasteiger partial charge in [0.15, 0.2) is 0 Å². The summed E-state index contributed by atoms with van der Waals surface area (Å²) in [7, 11) is 0. The number of rotatable bonds is 7. The second-order valence-electron chi connectivity index (χ2n) is 7.32. The van der Waals surface area contributed by atoms with Crippen LogP contribution in [-0.4, -0.2) is 29.8 Å². The zero-order valence-electron chi connectivity index (χ0n) is 16.6. The van der Waals surface area contributed by atoms with Gasteiger partial charge in [-0.05, 0) is 56.7 Å². The predicted octanol–water partition coefficient (Wildman–Crippen LogP) is 4.65. The third-order valence-electron chi connectivity index (χ3n) is 3.69. The highest BCUT2D eigenvalue weighted by Crippen LogP contribution is 2.34. The number of hydrogen-bond acceptors (Lipinski definition) is 5. The minimum absolute atomic E-state index is 0.250. The van der Waals surface area contributed by atoms with Crippen LogP contribution in [0.4, 0.5) is 29.3 Å². The summed E-state index contributed by atoms with van der Waals surface area (Å²) in [5, 5.41) is 8.65. The summed E-state index contributed by atoms with van der Waals surface area (Å²) in [4.78, 5) is 15.6. The van der Waals surface area contributed by atoms with Gasteiger partial charge in [0.1, 0.15) is 5.60 Å². The molecule has 1 aromatic heterocycles. The van der Waals surface area contributed by atoms with E-state index < -0.39 is 23.4 Å². The van der Waals surface area contributed by atoms with Crippen LogP contribution in [-0.2, 0) is 17.5 Å². The first-order chi connectivity index (χ1) is 13.5. The second kappa shape index (κ2) is 9.49. The average molecular weight is 410 g/mol. The lowest BCUT2D eigenvalue weighted by atomic mass is 10.1. The number of ether oxygens (including phenoxy) is 1. The van der Waals surface area contributed by atoms with Crippen LogP contribution in [0, 0.1) is 0 Å². The second-order valence-corrected chi connectivity index (χ2v) is 7.32. The highest BCUT2D eigenvalue weighted by Gasteiger charge is 2.31. The van der Waals surface area contributed by atoms with Crippen LogP contribution in [0.2, 0.25) is 0 Å². The topological polar surface area (TPSA) is 75.3 Å². The molecule has 0 saturated carbocycles. The van der Waals surface area contributed by atoms with Crippen molar-refractivity contribution in [3.8, 4) is 0 Å². The van der Waals surface area contributed by atoms with E-state index in [9.17, 15) is 18.0 Å². The number of nitrogens with zero attached hydrogens (tertiary/aromatic N) is 1. The van der Waals surface area contributed by atoms with Gasteiger partial charge in [-0.15, -0.1) is 0 Å². The zero-order valence-corrected chi connectivity index (χ0v) is 16.6. The molecular weight excluding hydrogens is 385 g/mol. The number of pyridine rings is 1. The third-order valence-corrected chi connectivity index (χ3v) is 3.69. The molecule has 158 valence electrons. The Morgan fingerprint density at radius 3 is 2.31 bits per heavy atom. The van der Waals surface area contributed by atoms with Crippen molar-refractivity contribution in [3.63, 3.8) is 0 Å². The SMILES string of the molecule is CC(C)(C)OC(=O)NCCNc1ccc(C(F)(F)F)cc1NCc1ccncc1. The van der Waals surface area contributed by atoms with Gasteiger partial charge in [-0.25, -0.2) is 4.79 Å². The number of halogens is 3. The molecule has 6 nitrogen and oxygen atoms in total. The highest BCUT2D eigenvalue weighted by molar-refractivity contribution is 5.70. The summed E-state index contributed by atoms with van der Waals surface area (Å²) >= 11 is 0. The molecular formula is C20H25F3N4O2. The van der Waals surface area contributed by atoms with Gasteiger partial charge in [0.05, 0.1) is 16.9 Å². The van der Waals surface area contributed by atoms with E-state index in [0.717, 1.165) is 17.7 Å². The maximum atomic E-state index is 13.1. The number of alkyl halides is 3. The van der Waals surface area contributed by atoms with Gasteiger partial charge in [-0.3, -0.25) is 4.98 Å². The average Bonchev–Trinajstić information content (AvgIpc) is 2.62. The van der Waals surface area contributed by atoms with Gasteiger partial charge in [0.2, 0.25) is 0 Å². The van der Waals surface area contributed by atoms with Crippen LogP contribution < -0.4 is 16.0 Å². The van der Waals surface area contributed by atoms with E-state index in [0.29, 0.717) is 24.5 Å². The van der Waals surface area contributed by atoms with E-state index in [1.807, 2.05) is 0 Å². The highest BCUT2D eigenvalue weighted by atomic mass is 19.4. The van der Waals surface area contributed by atoms with Gasteiger partial charge >= 0.3 is 12.3 Å². The van der Waals surface area contributed by atoms with Gasteiger partial charge in [-0.1, -0.05) is 0 Å². The summed E-state index contributed by atoms with van der Waals surface area (Å²) in [6.45, 7) is 6.18. The van der Waals surface area contributed by atoms with Crippen molar-refractivity contribution < 1.29 is 22.7 Å². The molecule has 0 aliphatic carbocycles. The maximum Gasteiger partial charge on any atom is 0.416 e. The molecule has 29 heavy (non-hydrogen) atoms. The normalized spacial score (nSPS) is 11.7. The van der Waals surface area contributed by atoms with Crippen molar-refractivity contribution >= 4 is 17.5 Å². The number of alkyl carbamates (subject to hydrolysis) is 1. The molecule has 0 saturated heterocycles. The standard InChI is InChI=1S/C20H25F3N4O2/c1-19(2,3)29-18(28)26-11-10-25-16-5-4-15(20(21,22)23)12-17(16)27-13-14-6-8-24-9-7-14/h4-9,12,25,27H,10-11,13H2,1-3H3,(H,26,28). The molecule has 2 rings (SSSR count). The van der Waals surface area contributed by atoms with Crippen LogP contribution in [0.25, 0.3) is 0 Å². The number of anilines is 2. The Labute approximate surface area is 167 Å². The summed E-state index contributed by atoms with van der Waals surface area (Å²) in [5.41, 5.74) is 0.351. The Morgan fingerprint density at radius 1 is 1.00 bits per heavy atom. The van der Waals surface area contributed by atoms with Crippen molar-refractivity contribution in [2.45, 2.75) is 39.1 Å². The summed E-state index contributed by atoms with van der Waals surface area (Å²) < 4.78 is 44.4. The van der Waals surface area contributed by atoms with Crippen LogP contribution in [0.1, 0.15) is 31.9 Å². The molecule has 0 aliphatic rings. The molecule has 3 N–H and O–H groups in total. The molecule has 2 aromatic rings. The molecule has 0 aliphatic heterocycles. The number of nitrogens with one attached hydrogen (secondary N) is 3. The van der Waals surface area contributed by atoms with Crippen LogP contribution >= 0.6 is 0 Å². The zero-order chi connectivity index (χ0) is 21.5. The number of carbonyl (C=O) groups is 1. The number of benzene rings is 1. The number of aromatic nitrogens is 1. The van der Waals surface area contributed by atoms with Crippen molar-refractivity contribution in [2.75, 3.05) is 23.7 Å². The smallest absolute Gasteiger partial charge is 0.416 e. The minimum Gasteiger partial charge on any atom is -0.444 e. The van der Waals surface area contributed by atoms with Crippen LogP contribution in [0.15, 0.2) is 42.7 Å². The Bertz CT molecular complexity index is 806. The van der Waals surface area contributed by atoms with Crippen LogP contribution in [0.5, 0.6) is 0 Å². The summed E-state index contributed by atoms with van der Waals surface area (Å²) in [6, 6.07) is 6.99. The van der Waals surface area contributed by atoms with Crippen molar-refractivity contribution in [2.24, 2.45) is 0 Å². The monoisotopic (exact) mass is 410 g/mol. The summed E-state index contributed by atoms with van der Waals surface area (Å²) in [5.74, 6) is 0. The Kier molecular flexibility index (Phi) is 7.30. The lowest BCUT2D eigenvalue weighted by Crippen LogP contribution is -2.35. The van der Waals surface area contributed by atoms with E-state index in [1.54, 1.807) is 45.3 Å².